The molecule has 6 nitrogen and oxygen atoms in total. The lowest BCUT2D eigenvalue weighted by atomic mass is 9.93. The normalized spacial score (nSPS) is 13.7. The largest absolute Gasteiger partial charge is 0.465 e. The van der Waals surface area contributed by atoms with Crippen LogP contribution in [-0.2, 0) is 26.2 Å². The molecule has 1 aromatic heterocycles. The van der Waals surface area contributed by atoms with Gasteiger partial charge in [-0.15, -0.1) is 0 Å². The number of benzene rings is 3. The van der Waals surface area contributed by atoms with Crippen LogP contribution < -0.4 is 5.32 Å². The maximum absolute atomic E-state index is 12.4. The van der Waals surface area contributed by atoms with Crippen molar-refractivity contribution in [2.75, 3.05) is 11.9 Å². The monoisotopic (exact) mass is 494 g/mol. The van der Waals surface area contributed by atoms with Crippen molar-refractivity contribution in [3.63, 3.8) is 0 Å². The molecule has 4 aromatic rings. The number of amides is 1. The Hall–Kier alpha value is -4.19. The lowest BCUT2D eigenvalue weighted by Crippen LogP contribution is -2.23. The second-order valence-electron chi connectivity index (χ2n) is 9.45. The van der Waals surface area contributed by atoms with E-state index in [1.165, 1.54) is 0 Å². The third-order valence-electron chi connectivity index (χ3n) is 6.98. The molecule has 0 radical (unpaired) electrons. The van der Waals surface area contributed by atoms with Crippen LogP contribution in [-0.4, -0.2) is 23.6 Å². The first kappa shape index (κ1) is 24.5. The van der Waals surface area contributed by atoms with Crippen molar-refractivity contribution >= 4 is 17.6 Å². The van der Waals surface area contributed by atoms with E-state index in [1.807, 2.05) is 80.6 Å². The summed E-state index contributed by atoms with van der Waals surface area (Å²) in [6.45, 7) is 4.14. The molecule has 0 bridgehead atoms. The topological polar surface area (TPSA) is 81.4 Å². The Balaban J connectivity index is 1.27. The van der Waals surface area contributed by atoms with Crippen LogP contribution in [0.4, 0.5) is 5.69 Å². The van der Waals surface area contributed by atoms with Crippen LogP contribution in [0.2, 0.25) is 0 Å². The first-order valence-electron chi connectivity index (χ1n) is 12.7. The first-order valence-corrected chi connectivity index (χ1v) is 12.7. The summed E-state index contributed by atoms with van der Waals surface area (Å²) in [4.78, 5) is 24.8. The maximum atomic E-state index is 12.4. The molecule has 188 valence electrons. The summed E-state index contributed by atoms with van der Waals surface area (Å²) >= 11 is 0. The van der Waals surface area contributed by atoms with E-state index in [2.05, 4.69) is 22.6 Å². The van der Waals surface area contributed by atoms with Crippen LogP contribution in [0.5, 0.6) is 0 Å². The average molecular weight is 495 g/mol. The Labute approximate surface area is 216 Å². The van der Waals surface area contributed by atoms with Crippen LogP contribution in [0.15, 0.2) is 83.4 Å². The molecule has 5 rings (SSSR count). The number of ether oxygens (including phenoxy) is 1. The number of aromatic nitrogens is 1. The van der Waals surface area contributed by atoms with Gasteiger partial charge < -0.3 is 14.6 Å². The number of carbonyl (C=O) groups is 2. The third-order valence-corrected chi connectivity index (χ3v) is 6.98. The van der Waals surface area contributed by atoms with Crippen molar-refractivity contribution in [1.82, 2.24) is 5.16 Å². The quantitative estimate of drug-likeness (QED) is 0.269. The van der Waals surface area contributed by atoms with Crippen molar-refractivity contribution in [3.8, 4) is 22.5 Å². The van der Waals surface area contributed by atoms with E-state index >= 15 is 0 Å². The molecule has 3 aromatic carbocycles. The smallest absolute Gasteiger partial charge is 0.316 e. The number of nitrogens with one attached hydrogen (secondary N) is 1. The minimum atomic E-state index is -0.461. The fourth-order valence-corrected chi connectivity index (χ4v) is 4.69. The number of aryl methyl sites for hydroxylation is 1. The minimum Gasteiger partial charge on any atom is -0.465 e. The molecule has 1 fully saturated rings. The van der Waals surface area contributed by atoms with E-state index in [-0.39, 0.29) is 11.9 Å². The van der Waals surface area contributed by atoms with E-state index in [9.17, 15) is 9.59 Å². The zero-order valence-corrected chi connectivity index (χ0v) is 21.1. The number of esters is 1. The lowest BCUT2D eigenvalue weighted by Gasteiger charge is -2.14. The van der Waals surface area contributed by atoms with Gasteiger partial charge in [-0.1, -0.05) is 71.9 Å². The summed E-state index contributed by atoms with van der Waals surface area (Å²) in [5, 5.41) is 7.08. The Morgan fingerprint density at radius 2 is 1.54 bits per heavy atom. The Kier molecular flexibility index (Phi) is 6.91. The fraction of sp³-hybridized carbons (Fsp3) is 0.258. The van der Waals surface area contributed by atoms with Gasteiger partial charge in [-0.05, 0) is 61.9 Å². The second-order valence-corrected chi connectivity index (χ2v) is 9.45. The Morgan fingerprint density at radius 1 is 0.919 bits per heavy atom. The zero-order chi connectivity index (χ0) is 25.8. The lowest BCUT2D eigenvalue weighted by molar-refractivity contribution is -0.146. The summed E-state index contributed by atoms with van der Waals surface area (Å²) in [7, 11) is 0. The molecular formula is C31H30N2O4. The molecule has 0 aliphatic heterocycles. The molecule has 0 unspecified atom stereocenters. The van der Waals surface area contributed by atoms with Gasteiger partial charge in [0.15, 0.2) is 5.76 Å². The summed E-state index contributed by atoms with van der Waals surface area (Å²) in [6, 6.07) is 25.7. The first-order chi connectivity index (χ1) is 18.0. The number of hydrogen-bond donors (Lipinski definition) is 1. The highest BCUT2D eigenvalue weighted by Gasteiger charge is 2.52. The second kappa shape index (κ2) is 10.4. The van der Waals surface area contributed by atoms with Crippen LogP contribution in [0.3, 0.4) is 0 Å². The van der Waals surface area contributed by atoms with Crippen LogP contribution in [0.1, 0.15) is 43.0 Å². The van der Waals surface area contributed by atoms with Crippen molar-refractivity contribution in [3.05, 3.63) is 95.7 Å². The van der Waals surface area contributed by atoms with Crippen molar-refractivity contribution in [1.29, 1.82) is 0 Å². The molecule has 6 heteroatoms. The van der Waals surface area contributed by atoms with Crippen LogP contribution >= 0.6 is 0 Å². The van der Waals surface area contributed by atoms with Gasteiger partial charge in [0.05, 0.1) is 17.7 Å². The molecule has 1 aliphatic rings. The predicted octanol–water partition coefficient (Wildman–Crippen LogP) is 6.48. The summed E-state index contributed by atoms with van der Waals surface area (Å²) < 4.78 is 10.9. The van der Waals surface area contributed by atoms with Gasteiger partial charge in [0.2, 0.25) is 5.91 Å². The molecule has 1 amide bonds. The minimum absolute atomic E-state index is 0.0486. The van der Waals surface area contributed by atoms with Gasteiger partial charge in [-0.3, -0.25) is 9.59 Å². The van der Waals surface area contributed by atoms with Gasteiger partial charge in [-0.2, -0.15) is 0 Å². The van der Waals surface area contributed by atoms with Gasteiger partial charge in [0.1, 0.15) is 0 Å². The SMILES string of the molecule is CCOC(=O)C1(c2ccc(-c3ccc(-c4onc(C)c4CCC(=O)Nc4ccccc4)cc3)cc2)CC1. The Morgan fingerprint density at radius 3 is 2.16 bits per heavy atom. The Bertz CT molecular complexity index is 1390. The molecule has 0 atom stereocenters. The summed E-state index contributed by atoms with van der Waals surface area (Å²) in [5.41, 5.74) is 6.12. The number of nitrogens with zero attached hydrogens (tertiary/aromatic N) is 1. The van der Waals surface area contributed by atoms with Gasteiger partial charge in [-0.25, -0.2) is 0 Å². The third kappa shape index (κ3) is 5.19. The van der Waals surface area contributed by atoms with E-state index in [0.717, 1.165) is 52.0 Å². The number of hydrogen-bond acceptors (Lipinski definition) is 5. The molecule has 37 heavy (non-hydrogen) atoms. The molecule has 1 heterocycles. The van der Waals surface area contributed by atoms with Gasteiger partial charge in [0.25, 0.3) is 0 Å². The van der Waals surface area contributed by atoms with E-state index in [1.54, 1.807) is 0 Å². The highest BCUT2D eigenvalue weighted by atomic mass is 16.5. The van der Waals surface area contributed by atoms with Crippen LogP contribution in [0, 0.1) is 6.92 Å². The molecule has 1 N–H and O–H groups in total. The van der Waals surface area contributed by atoms with Gasteiger partial charge >= 0.3 is 5.97 Å². The standard InChI is InChI=1S/C31H30N2O4/c1-3-36-30(35)31(19-20-31)25-15-13-23(14-16-25)22-9-11-24(12-10-22)29-27(21(2)33-37-29)17-18-28(34)32-26-7-5-4-6-8-26/h4-16H,3,17-20H2,1-2H3,(H,32,34). The maximum Gasteiger partial charge on any atom is 0.316 e. The number of anilines is 1. The number of rotatable bonds is 9. The number of carbonyl (C=O) groups excluding carboxylic acids is 2. The van der Waals surface area contributed by atoms with Crippen LogP contribution in [0.25, 0.3) is 22.5 Å². The zero-order valence-electron chi connectivity index (χ0n) is 21.1. The van der Waals surface area contributed by atoms with E-state index in [0.29, 0.717) is 25.2 Å². The molecular weight excluding hydrogens is 464 g/mol. The molecule has 1 aliphatic carbocycles. The highest BCUT2D eigenvalue weighted by Crippen LogP contribution is 2.49. The molecule has 1 saturated carbocycles. The fourth-order valence-electron chi connectivity index (χ4n) is 4.69. The predicted molar refractivity (Wildman–Crippen MR) is 143 cm³/mol. The van der Waals surface area contributed by atoms with Gasteiger partial charge in [0, 0.05) is 23.2 Å². The van der Waals surface area contributed by atoms with Crippen molar-refractivity contribution in [2.24, 2.45) is 0 Å². The van der Waals surface area contributed by atoms with Crippen molar-refractivity contribution in [2.45, 2.75) is 44.9 Å². The summed E-state index contributed by atoms with van der Waals surface area (Å²) in [6.07, 6.45) is 2.55. The summed E-state index contributed by atoms with van der Waals surface area (Å²) in [5.74, 6) is 0.521. The van der Waals surface area contributed by atoms with E-state index in [4.69, 9.17) is 9.26 Å². The highest BCUT2D eigenvalue weighted by molar-refractivity contribution is 5.91. The van der Waals surface area contributed by atoms with E-state index < -0.39 is 5.41 Å². The number of para-hydroxylation sites is 1. The molecule has 0 saturated heterocycles. The molecule has 0 spiro atoms. The average Bonchev–Trinajstić information content (AvgIpc) is 3.66. The van der Waals surface area contributed by atoms with Crippen molar-refractivity contribution < 1.29 is 18.8 Å².